The second kappa shape index (κ2) is 9.92. The fourth-order valence-electron chi connectivity index (χ4n) is 3.55. The van der Waals surface area contributed by atoms with E-state index in [0.29, 0.717) is 23.5 Å². The van der Waals surface area contributed by atoms with Crippen LogP contribution in [0.5, 0.6) is 0 Å². The summed E-state index contributed by atoms with van der Waals surface area (Å²) in [6.45, 7) is 5.89. The summed E-state index contributed by atoms with van der Waals surface area (Å²) in [7, 11) is -3.39. The Balaban J connectivity index is 1.75. The van der Waals surface area contributed by atoms with E-state index in [1.807, 2.05) is 0 Å². The van der Waals surface area contributed by atoms with Crippen LogP contribution in [-0.4, -0.2) is 49.6 Å². The maximum absolute atomic E-state index is 12.7. The first kappa shape index (κ1) is 24.7. The molecule has 2 heterocycles. The predicted molar refractivity (Wildman–Crippen MR) is 125 cm³/mol. The quantitative estimate of drug-likeness (QED) is 0.609. The Morgan fingerprint density at radius 3 is 2.45 bits per heavy atom. The number of benzene rings is 1. The van der Waals surface area contributed by atoms with E-state index in [-0.39, 0.29) is 35.9 Å². The smallest absolute Gasteiger partial charge is 0.410 e. The van der Waals surface area contributed by atoms with E-state index in [4.69, 9.17) is 10.5 Å². The van der Waals surface area contributed by atoms with Crippen LogP contribution in [0.15, 0.2) is 29.2 Å². The van der Waals surface area contributed by atoms with Crippen LogP contribution < -0.4 is 11.1 Å². The third-order valence-corrected chi connectivity index (χ3v) is 8.62. The second-order valence-electron chi connectivity index (χ2n) is 7.91. The van der Waals surface area contributed by atoms with E-state index in [9.17, 15) is 22.8 Å². The number of hydrogen-bond acceptors (Lipinski definition) is 7. The minimum absolute atomic E-state index is 0.00226. The van der Waals surface area contributed by atoms with Crippen LogP contribution in [0.25, 0.3) is 0 Å². The molecule has 1 aromatic carbocycles. The Hall–Kier alpha value is -2.92. The molecule has 11 heteroatoms. The zero-order valence-corrected chi connectivity index (χ0v) is 20.3. The monoisotopic (exact) mass is 493 g/mol. The minimum atomic E-state index is -3.39. The molecule has 0 atom stereocenters. The van der Waals surface area contributed by atoms with Gasteiger partial charge in [0.1, 0.15) is 5.00 Å². The molecule has 2 aromatic rings. The number of thiophene rings is 1. The predicted octanol–water partition coefficient (Wildman–Crippen LogP) is 2.72. The fourth-order valence-corrected chi connectivity index (χ4v) is 5.89. The number of nitrogens with one attached hydrogen (secondary N) is 1. The molecular weight excluding hydrogens is 466 g/mol. The van der Waals surface area contributed by atoms with Crippen molar-refractivity contribution >= 4 is 44.1 Å². The highest BCUT2D eigenvalue weighted by atomic mass is 32.2. The van der Waals surface area contributed by atoms with Crippen LogP contribution in [0.3, 0.4) is 0 Å². The molecule has 3 rings (SSSR count). The molecule has 9 nitrogen and oxygen atoms in total. The molecule has 1 aliphatic rings. The highest BCUT2D eigenvalue weighted by molar-refractivity contribution is 7.92. The molecule has 0 unspecified atom stereocenters. The molecule has 1 aromatic heterocycles. The van der Waals surface area contributed by atoms with Crippen LogP contribution >= 0.6 is 11.3 Å². The molecule has 0 saturated heterocycles. The van der Waals surface area contributed by atoms with Crippen LogP contribution in [0, 0.1) is 0 Å². The van der Waals surface area contributed by atoms with E-state index in [0.717, 1.165) is 10.4 Å². The number of carbonyl (C=O) groups is 3. The number of rotatable bonds is 7. The second-order valence-corrected chi connectivity index (χ2v) is 11.5. The zero-order valence-electron chi connectivity index (χ0n) is 18.7. The Morgan fingerprint density at radius 2 is 1.88 bits per heavy atom. The lowest BCUT2D eigenvalue weighted by atomic mass is 10.0. The van der Waals surface area contributed by atoms with Gasteiger partial charge in [-0.1, -0.05) is 12.1 Å². The molecule has 0 bridgehead atoms. The maximum Gasteiger partial charge on any atom is 0.410 e. The number of hydrogen-bond donors (Lipinski definition) is 2. The van der Waals surface area contributed by atoms with Crippen molar-refractivity contribution in [3.63, 3.8) is 0 Å². The van der Waals surface area contributed by atoms with Gasteiger partial charge in [-0.25, -0.2) is 13.2 Å². The molecule has 1 aliphatic heterocycles. The van der Waals surface area contributed by atoms with Gasteiger partial charge in [-0.05, 0) is 50.5 Å². The SMILES string of the molecule is CCOC(=O)N1CCc2c(sc(NC(=O)Cc3ccc(S(=O)(=O)C(C)C)cc3)c2C(N)=O)C1. The van der Waals surface area contributed by atoms with Crippen molar-refractivity contribution in [3.8, 4) is 0 Å². The Bertz CT molecular complexity index is 1170. The van der Waals surface area contributed by atoms with Crippen molar-refractivity contribution in [1.29, 1.82) is 0 Å². The first-order valence-electron chi connectivity index (χ1n) is 10.5. The highest BCUT2D eigenvalue weighted by Crippen LogP contribution is 2.37. The van der Waals surface area contributed by atoms with Crippen molar-refractivity contribution in [1.82, 2.24) is 4.90 Å². The first-order valence-corrected chi connectivity index (χ1v) is 12.9. The summed E-state index contributed by atoms with van der Waals surface area (Å²) in [5.74, 6) is -1.01. The van der Waals surface area contributed by atoms with Crippen molar-refractivity contribution in [2.45, 2.75) is 50.3 Å². The van der Waals surface area contributed by atoms with Gasteiger partial charge in [0.15, 0.2) is 9.84 Å². The van der Waals surface area contributed by atoms with E-state index in [2.05, 4.69) is 5.32 Å². The molecule has 0 radical (unpaired) electrons. The minimum Gasteiger partial charge on any atom is -0.450 e. The number of anilines is 1. The highest BCUT2D eigenvalue weighted by Gasteiger charge is 2.30. The van der Waals surface area contributed by atoms with Gasteiger partial charge in [-0.15, -0.1) is 11.3 Å². The van der Waals surface area contributed by atoms with Crippen molar-refractivity contribution in [2.24, 2.45) is 5.73 Å². The zero-order chi connectivity index (χ0) is 24.3. The summed E-state index contributed by atoms with van der Waals surface area (Å²) in [6.07, 6.45) is 0.00755. The molecule has 0 saturated carbocycles. The van der Waals surface area contributed by atoms with E-state index in [1.54, 1.807) is 37.8 Å². The normalized spacial score (nSPS) is 13.5. The van der Waals surface area contributed by atoms with E-state index >= 15 is 0 Å². The van der Waals surface area contributed by atoms with Gasteiger partial charge >= 0.3 is 6.09 Å². The molecule has 33 heavy (non-hydrogen) atoms. The third-order valence-electron chi connectivity index (χ3n) is 5.32. The largest absolute Gasteiger partial charge is 0.450 e. The standard InChI is InChI=1S/C22H27N3O6S2/c1-4-31-22(28)25-10-9-16-17(12-25)32-21(19(16)20(23)27)24-18(26)11-14-5-7-15(8-6-14)33(29,30)13(2)3/h5-8,13H,4,9-12H2,1-3H3,(H2,23,27)(H,24,26). The lowest BCUT2D eigenvalue weighted by Crippen LogP contribution is -2.36. The maximum atomic E-state index is 12.7. The molecule has 0 aliphatic carbocycles. The number of nitrogens with two attached hydrogens (primary N) is 1. The van der Waals surface area contributed by atoms with Gasteiger partial charge in [-0.3, -0.25) is 9.59 Å². The number of primary amides is 1. The van der Waals surface area contributed by atoms with Crippen molar-refractivity contribution < 1.29 is 27.5 Å². The number of amides is 3. The number of fused-ring (bicyclic) bond motifs is 1. The Kier molecular flexibility index (Phi) is 7.43. The van der Waals surface area contributed by atoms with Gasteiger partial charge in [0.25, 0.3) is 5.91 Å². The Morgan fingerprint density at radius 1 is 1.21 bits per heavy atom. The van der Waals surface area contributed by atoms with Gasteiger partial charge < -0.3 is 20.7 Å². The van der Waals surface area contributed by atoms with Crippen LogP contribution in [0.4, 0.5) is 9.80 Å². The Labute approximate surface area is 196 Å². The number of nitrogens with zero attached hydrogens (tertiary/aromatic N) is 1. The van der Waals surface area contributed by atoms with E-state index in [1.165, 1.54) is 23.5 Å². The molecule has 3 N–H and O–H groups in total. The topological polar surface area (TPSA) is 136 Å². The number of ether oxygens (including phenoxy) is 1. The lowest BCUT2D eigenvalue weighted by Gasteiger charge is -2.26. The summed E-state index contributed by atoms with van der Waals surface area (Å²) < 4.78 is 29.6. The summed E-state index contributed by atoms with van der Waals surface area (Å²) in [6, 6.07) is 6.17. The average molecular weight is 494 g/mol. The molecule has 178 valence electrons. The van der Waals surface area contributed by atoms with Crippen LogP contribution in [0.2, 0.25) is 0 Å². The lowest BCUT2D eigenvalue weighted by molar-refractivity contribution is -0.115. The summed E-state index contributed by atoms with van der Waals surface area (Å²) >= 11 is 1.22. The van der Waals surface area contributed by atoms with Crippen molar-refractivity contribution in [2.75, 3.05) is 18.5 Å². The average Bonchev–Trinajstić information content (AvgIpc) is 3.11. The van der Waals surface area contributed by atoms with Crippen LogP contribution in [0.1, 0.15) is 47.1 Å². The molecule has 0 spiro atoms. The summed E-state index contributed by atoms with van der Waals surface area (Å²) in [5, 5.41) is 2.57. The number of sulfone groups is 1. The summed E-state index contributed by atoms with van der Waals surface area (Å²) in [4.78, 5) is 39.3. The van der Waals surface area contributed by atoms with Crippen molar-refractivity contribution in [3.05, 3.63) is 45.8 Å². The molecular formula is C22H27N3O6S2. The third kappa shape index (κ3) is 5.36. The number of carbonyl (C=O) groups excluding carboxylic acids is 3. The fraction of sp³-hybridized carbons (Fsp3) is 0.409. The molecule has 0 fully saturated rings. The van der Waals surface area contributed by atoms with Gasteiger partial charge in [-0.2, -0.15) is 0 Å². The van der Waals surface area contributed by atoms with Gasteiger partial charge in [0.05, 0.1) is 35.3 Å². The van der Waals surface area contributed by atoms with E-state index < -0.39 is 27.1 Å². The summed E-state index contributed by atoms with van der Waals surface area (Å²) in [5.41, 5.74) is 7.23. The first-order chi connectivity index (χ1) is 15.5. The molecule has 3 amide bonds. The van der Waals surface area contributed by atoms with Gasteiger partial charge in [0.2, 0.25) is 5.91 Å². The van der Waals surface area contributed by atoms with Crippen LogP contribution in [-0.2, 0) is 38.8 Å². The van der Waals surface area contributed by atoms with Gasteiger partial charge in [0, 0.05) is 11.4 Å².